The van der Waals surface area contributed by atoms with Crippen LogP contribution in [0.5, 0.6) is 0 Å². The van der Waals surface area contributed by atoms with Crippen molar-refractivity contribution in [1.29, 1.82) is 0 Å². The van der Waals surface area contributed by atoms with E-state index in [4.69, 9.17) is 14.3 Å². The van der Waals surface area contributed by atoms with E-state index >= 15 is 0 Å². The van der Waals surface area contributed by atoms with Crippen molar-refractivity contribution in [3.05, 3.63) is 12.0 Å². The Labute approximate surface area is 103 Å². The van der Waals surface area contributed by atoms with Gasteiger partial charge in [-0.15, -0.1) is 0 Å². The average molecular weight is 254 g/mol. The highest BCUT2D eigenvalue weighted by Crippen LogP contribution is 2.30. The van der Waals surface area contributed by atoms with Crippen molar-refractivity contribution in [2.24, 2.45) is 0 Å². The van der Waals surface area contributed by atoms with E-state index in [2.05, 4.69) is 4.98 Å². The number of carboxylic acids is 1. The number of carboxylic acid groups (broad SMARTS) is 1. The normalized spacial score (nSPS) is 14.3. The van der Waals surface area contributed by atoms with Crippen molar-refractivity contribution in [3.63, 3.8) is 0 Å². The Morgan fingerprint density at radius 3 is 2.89 bits per heavy atom. The van der Waals surface area contributed by atoms with Gasteiger partial charge in [0.15, 0.2) is 5.69 Å². The summed E-state index contributed by atoms with van der Waals surface area (Å²) in [5.74, 6) is -1.53. The fraction of sp³-hybridized carbons (Fsp3) is 0.545. The van der Waals surface area contributed by atoms with Gasteiger partial charge in [-0.2, -0.15) is 4.98 Å². The van der Waals surface area contributed by atoms with Gasteiger partial charge in [0.25, 0.3) is 6.01 Å². The Morgan fingerprint density at radius 1 is 1.61 bits per heavy atom. The lowest BCUT2D eigenvalue weighted by molar-refractivity contribution is -0.135. The third-order valence-corrected chi connectivity index (χ3v) is 2.52. The van der Waals surface area contributed by atoms with Crippen molar-refractivity contribution in [2.75, 3.05) is 18.1 Å². The summed E-state index contributed by atoms with van der Waals surface area (Å²) in [6.07, 6.45) is 3.00. The van der Waals surface area contributed by atoms with Crippen LogP contribution in [0.1, 0.15) is 30.3 Å². The summed E-state index contributed by atoms with van der Waals surface area (Å²) in [4.78, 5) is 27.7. The summed E-state index contributed by atoms with van der Waals surface area (Å²) < 4.78 is 9.93. The molecule has 1 saturated carbocycles. The minimum Gasteiger partial charge on any atom is -0.480 e. The maximum absolute atomic E-state index is 11.4. The molecular formula is C11H14N2O5. The Bertz CT molecular complexity index is 452. The zero-order valence-electron chi connectivity index (χ0n) is 9.96. The van der Waals surface area contributed by atoms with E-state index in [1.165, 1.54) is 6.26 Å². The molecule has 0 aliphatic heterocycles. The lowest BCUT2D eigenvalue weighted by atomic mass is 10.5. The van der Waals surface area contributed by atoms with Crippen LogP contribution in [0.25, 0.3) is 0 Å². The van der Waals surface area contributed by atoms with Gasteiger partial charge in [0, 0.05) is 6.04 Å². The van der Waals surface area contributed by atoms with Crippen molar-refractivity contribution in [3.8, 4) is 0 Å². The first-order valence-electron chi connectivity index (χ1n) is 5.73. The topological polar surface area (TPSA) is 92.9 Å². The first-order chi connectivity index (χ1) is 8.61. The fourth-order valence-electron chi connectivity index (χ4n) is 1.58. The quantitative estimate of drug-likeness (QED) is 0.754. The summed E-state index contributed by atoms with van der Waals surface area (Å²) >= 11 is 0. The van der Waals surface area contributed by atoms with Crippen molar-refractivity contribution >= 4 is 18.0 Å². The Morgan fingerprint density at radius 2 is 2.33 bits per heavy atom. The molecule has 18 heavy (non-hydrogen) atoms. The van der Waals surface area contributed by atoms with Crippen LogP contribution < -0.4 is 4.90 Å². The minimum atomic E-state index is -0.960. The van der Waals surface area contributed by atoms with Crippen molar-refractivity contribution in [1.82, 2.24) is 4.98 Å². The Balaban J connectivity index is 2.11. The molecule has 1 heterocycles. The molecule has 0 amide bonds. The fourth-order valence-corrected chi connectivity index (χ4v) is 1.58. The molecule has 1 aromatic rings. The van der Waals surface area contributed by atoms with Crippen LogP contribution in [0.15, 0.2) is 10.7 Å². The monoisotopic (exact) mass is 254 g/mol. The van der Waals surface area contributed by atoms with Crippen molar-refractivity contribution in [2.45, 2.75) is 25.8 Å². The van der Waals surface area contributed by atoms with Crippen LogP contribution in [0.2, 0.25) is 0 Å². The minimum absolute atomic E-state index is 0.0582. The number of aromatic nitrogens is 1. The molecule has 2 rings (SSSR count). The van der Waals surface area contributed by atoms with Gasteiger partial charge in [0.05, 0.1) is 6.61 Å². The number of rotatable bonds is 6. The first-order valence-corrected chi connectivity index (χ1v) is 5.73. The highest BCUT2D eigenvalue weighted by Gasteiger charge is 2.33. The number of hydrogen-bond donors (Lipinski definition) is 1. The number of oxazole rings is 1. The average Bonchev–Trinajstić information content (AvgIpc) is 3.03. The predicted octanol–water partition coefficient (Wildman–Crippen LogP) is 0.905. The first kappa shape index (κ1) is 12.4. The summed E-state index contributed by atoms with van der Waals surface area (Å²) in [5.41, 5.74) is 0.0582. The van der Waals surface area contributed by atoms with Gasteiger partial charge in [-0.3, -0.25) is 4.79 Å². The Kier molecular flexibility index (Phi) is 3.50. The molecule has 1 fully saturated rings. The smallest absolute Gasteiger partial charge is 0.360 e. The molecule has 0 atom stereocenters. The number of aliphatic carboxylic acids is 1. The molecule has 7 heteroatoms. The Hall–Kier alpha value is -2.05. The second-order valence-electron chi connectivity index (χ2n) is 3.99. The highest BCUT2D eigenvalue weighted by molar-refractivity contribution is 5.87. The number of carbonyl (C=O) groups is 2. The van der Waals surface area contributed by atoms with E-state index in [-0.39, 0.29) is 30.9 Å². The number of esters is 1. The van der Waals surface area contributed by atoms with E-state index in [1.54, 1.807) is 11.8 Å². The molecular weight excluding hydrogens is 240 g/mol. The van der Waals surface area contributed by atoms with Gasteiger partial charge in [0.2, 0.25) is 0 Å². The van der Waals surface area contributed by atoms with Gasteiger partial charge >= 0.3 is 11.9 Å². The van der Waals surface area contributed by atoms with Gasteiger partial charge < -0.3 is 19.2 Å². The summed E-state index contributed by atoms with van der Waals surface area (Å²) in [6.45, 7) is 1.76. The van der Waals surface area contributed by atoms with Gasteiger partial charge in [-0.1, -0.05) is 0 Å². The lowest BCUT2D eigenvalue weighted by Gasteiger charge is -2.16. The SMILES string of the molecule is CCOC(=O)c1coc(N(CC(=O)O)C2CC2)n1. The zero-order valence-corrected chi connectivity index (χ0v) is 9.96. The molecule has 1 aliphatic rings. The maximum atomic E-state index is 11.4. The third kappa shape index (κ3) is 2.79. The second kappa shape index (κ2) is 5.07. The molecule has 7 nitrogen and oxygen atoms in total. The molecule has 0 bridgehead atoms. The number of anilines is 1. The summed E-state index contributed by atoms with van der Waals surface area (Å²) in [6, 6.07) is 0.290. The van der Waals surface area contributed by atoms with E-state index < -0.39 is 11.9 Å². The molecule has 1 N–H and O–H groups in total. The highest BCUT2D eigenvalue weighted by atomic mass is 16.5. The second-order valence-corrected chi connectivity index (χ2v) is 3.99. The number of hydrogen-bond acceptors (Lipinski definition) is 6. The molecule has 1 aromatic heterocycles. The molecule has 98 valence electrons. The van der Waals surface area contributed by atoms with Crippen LogP contribution in [-0.4, -0.2) is 41.2 Å². The van der Waals surface area contributed by atoms with Gasteiger partial charge in [-0.05, 0) is 19.8 Å². The summed E-state index contributed by atoms with van der Waals surface area (Å²) in [7, 11) is 0. The zero-order chi connectivity index (χ0) is 13.1. The number of nitrogens with zero attached hydrogens (tertiary/aromatic N) is 2. The van der Waals surface area contributed by atoms with Crippen molar-refractivity contribution < 1.29 is 23.8 Å². The van der Waals surface area contributed by atoms with Crippen LogP contribution in [0.4, 0.5) is 6.01 Å². The largest absolute Gasteiger partial charge is 0.480 e. The standard InChI is InChI=1S/C11H14N2O5/c1-2-17-10(16)8-6-18-11(12-8)13(5-9(14)15)7-3-4-7/h6-7H,2-5H2,1H3,(H,14,15). The molecule has 0 unspecified atom stereocenters. The lowest BCUT2D eigenvalue weighted by Crippen LogP contribution is -2.32. The molecule has 0 spiro atoms. The van der Waals surface area contributed by atoms with E-state index in [1.807, 2.05) is 0 Å². The van der Waals surface area contributed by atoms with Gasteiger partial charge in [0.1, 0.15) is 12.8 Å². The van der Waals surface area contributed by atoms with E-state index in [9.17, 15) is 9.59 Å². The third-order valence-electron chi connectivity index (χ3n) is 2.52. The van der Waals surface area contributed by atoms with Crippen LogP contribution in [-0.2, 0) is 9.53 Å². The number of carbonyl (C=O) groups excluding carboxylic acids is 1. The van der Waals surface area contributed by atoms with E-state index in [0.717, 1.165) is 12.8 Å². The number of ether oxygens (including phenoxy) is 1. The van der Waals surface area contributed by atoms with E-state index in [0.29, 0.717) is 0 Å². The maximum Gasteiger partial charge on any atom is 0.360 e. The van der Waals surface area contributed by atoms with Crippen LogP contribution in [0.3, 0.4) is 0 Å². The molecule has 0 saturated heterocycles. The summed E-state index contributed by atoms with van der Waals surface area (Å²) in [5, 5.41) is 8.82. The molecule has 1 aliphatic carbocycles. The van der Waals surface area contributed by atoms with Gasteiger partial charge in [-0.25, -0.2) is 4.79 Å². The predicted molar refractivity (Wildman–Crippen MR) is 60.5 cm³/mol. The van der Waals surface area contributed by atoms with Crippen LogP contribution in [0, 0.1) is 0 Å². The van der Waals surface area contributed by atoms with Crippen LogP contribution >= 0.6 is 0 Å². The molecule has 0 aromatic carbocycles. The molecule has 0 radical (unpaired) electrons.